The van der Waals surface area contributed by atoms with Crippen molar-refractivity contribution in [2.24, 2.45) is 5.92 Å². The van der Waals surface area contributed by atoms with E-state index in [1.54, 1.807) is 0 Å². The van der Waals surface area contributed by atoms with Gasteiger partial charge < -0.3 is 5.11 Å². The molecule has 0 radical (unpaired) electrons. The molecule has 0 fully saturated rings. The minimum absolute atomic E-state index is 0.0972. The summed E-state index contributed by atoms with van der Waals surface area (Å²) in [4.78, 5) is 0. The van der Waals surface area contributed by atoms with Crippen molar-refractivity contribution < 1.29 is 5.11 Å². The first kappa shape index (κ1) is 4.85. The van der Waals surface area contributed by atoms with E-state index in [9.17, 15) is 0 Å². The summed E-state index contributed by atoms with van der Waals surface area (Å²) < 4.78 is 0. The summed E-state index contributed by atoms with van der Waals surface area (Å²) in [6.07, 6.45) is 4.82. The van der Waals surface area contributed by atoms with Gasteiger partial charge in [-0.05, 0) is 6.42 Å². The van der Waals surface area contributed by atoms with Crippen molar-refractivity contribution in [3.8, 4) is 0 Å². The first-order valence-electron chi connectivity index (χ1n) is 2.65. The zero-order valence-corrected chi connectivity index (χ0v) is 4.46. The number of hydrogen-bond donors (Lipinski definition) is 1. The Bertz CT molecular complexity index is 86.2. The van der Waals surface area contributed by atoms with Crippen LogP contribution in [0.4, 0.5) is 0 Å². The van der Waals surface area contributed by atoms with Crippen LogP contribution in [0.15, 0.2) is 12.2 Å². The Labute approximate surface area is 43.7 Å². The van der Waals surface area contributed by atoms with E-state index >= 15 is 0 Å². The Balaban J connectivity index is 2.45. The van der Waals surface area contributed by atoms with Gasteiger partial charge in [0.2, 0.25) is 0 Å². The lowest BCUT2D eigenvalue weighted by molar-refractivity contribution is 0.151. The molecule has 1 aliphatic rings. The molecule has 0 aliphatic heterocycles. The van der Waals surface area contributed by atoms with E-state index in [1.807, 2.05) is 19.1 Å². The first-order chi connectivity index (χ1) is 3.30. The molecule has 0 aromatic carbocycles. The first-order valence-corrected chi connectivity index (χ1v) is 2.65. The number of rotatable bonds is 0. The molecular formula is C6H10O. The van der Waals surface area contributed by atoms with Gasteiger partial charge in [0.25, 0.3) is 0 Å². The van der Waals surface area contributed by atoms with E-state index in [4.69, 9.17) is 5.11 Å². The van der Waals surface area contributed by atoms with Crippen LogP contribution in [-0.2, 0) is 0 Å². The predicted molar refractivity (Wildman–Crippen MR) is 28.9 cm³/mol. The van der Waals surface area contributed by atoms with Crippen LogP contribution < -0.4 is 0 Å². The van der Waals surface area contributed by atoms with E-state index in [-0.39, 0.29) is 6.10 Å². The quantitative estimate of drug-likeness (QED) is 0.447. The SMILES string of the molecule is C[C@@H]1C=CC[C@H]1O. The third-order valence-electron chi connectivity index (χ3n) is 1.42. The molecule has 0 heterocycles. The molecule has 2 atom stereocenters. The summed E-state index contributed by atoms with van der Waals surface area (Å²) in [6, 6.07) is 0. The Morgan fingerprint density at radius 2 is 2.43 bits per heavy atom. The molecule has 0 amide bonds. The van der Waals surface area contributed by atoms with Crippen LogP contribution in [0.25, 0.3) is 0 Å². The molecule has 40 valence electrons. The summed E-state index contributed by atoms with van der Waals surface area (Å²) in [5, 5.41) is 8.94. The number of aliphatic hydroxyl groups excluding tert-OH is 1. The van der Waals surface area contributed by atoms with Crippen molar-refractivity contribution in [3.05, 3.63) is 12.2 Å². The monoisotopic (exact) mass is 98.1 g/mol. The molecule has 0 aromatic rings. The lowest BCUT2D eigenvalue weighted by Crippen LogP contribution is -2.08. The van der Waals surface area contributed by atoms with E-state index in [1.165, 1.54) is 0 Å². The number of hydrogen-bond acceptors (Lipinski definition) is 1. The Kier molecular flexibility index (Phi) is 1.15. The molecule has 0 spiro atoms. The zero-order valence-electron chi connectivity index (χ0n) is 4.46. The fourth-order valence-corrected chi connectivity index (χ4v) is 0.776. The lowest BCUT2D eigenvalue weighted by atomic mass is 10.1. The maximum absolute atomic E-state index is 8.94. The van der Waals surface area contributed by atoms with Crippen LogP contribution in [0.1, 0.15) is 13.3 Å². The molecule has 0 aromatic heterocycles. The van der Waals surface area contributed by atoms with Crippen LogP contribution in [0.5, 0.6) is 0 Å². The summed E-state index contributed by atoms with van der Waals surface area (Å²) in [5.41, 5.74) is 0. The highest BCUT2D eigenvalue weighted by molar-refractivity contribution is 4.99. The van der Waals surface area contributed by atoms with Crippen LogP contribution >= 0.6 is 0 Å². The van der Waals surface area contributed by atoms with E-state index in [0.29, 0.717) is 5.92 Å². The maximum Gasteiger partial charge on any atom is 0.0634 e. The second-order valence-corrected chi connectivity index (χ2v) is 2.09. The standard InChI is InChI=1S/C6H10O/c1-5-3-2-4-6(5)7/h2-3,5-7H,4H2,1H3/t5-,6-/m1/s1. The van der Waals surface area contributed by atoms with Crippen LogP contribution in [0.3, 0.4) is 0 Å². The van der Waals surface area contributed by atoms with Gasteiger partial charge in [0, 0.05) is 5.92 Å². The van der Waals surface area contributed by atoms with Crippen molar-refractivity contribution in [1.29, 1.82) is 0 Å². The molecule has 0 saturated heterocycles. The predicted octanol–water partition coefficient (Wildman–Crippen LogP) is 0.943. The fraction of sp³-hybridized carbons (Fsp3) is 0.667. The van der Waals surface area contributed by atoms with Gasteiger partial charge in [-0.1, -0.05) is 19.1 Å². The summed E-state index contributed by atoms with van der Waals surface area (Å²) in [5.74, 6) is 0.389. The van der Waals surface area contributed by atoms with Crippen LogP contribution in [-0.4, -0.2) is 11.2 Å². The highest BCUT2D eigenvalue weighted by Gasteiger charge is 2.13. The Morgan fingerprint density at radius 1 is 1.71 bits per heavy atom. The van der Waals surface area contributed by atoms with Crippen LogP contribution in [0, 0.1) is 5.92 Å². The fourth-order valence-electron chi connectivity index (χ4n) is 0.776. The van der Waals surface area contributed by atoms with E-state index in [0.717, 1.165) is 6.42 Å². The largest absolute Gasteiger partial charge is 0.392 e. The van der Waals surface area contributed by atoms with Gasteiger partial charge in [-0.3, -0.25) is 0 Å². The van der Waals surface area contributed by atoms with E-state index < -0.39 is 0 Å². The van der Waals surface area contributed by atoms with Crippen LogP contribution in [0.2, 0.25) is 0 Å². The van der Waals surface area contributed by atoms with Crippen molar-refractivity contribution in [1.82, 2.24) is 0 Å². The highest BCUT2D eigenvalue weighted by Crippen LogP contribution is 2.15. The molecule has 1 aliphatic carbocycles. The molecule has 0 unspecified atom stereocenters. The van der Waals surface area contributed by atoms with Crippen molar-refractivity contribution in [2.75, 3.05) is 0 Å². The van der Waals surface area contributed by atoms with Gasteiger partial charge in [-0.15, -0.1) is 0 Å². The van der Waals surface area contributed by atoms with Crippen molar-refractivity contribution in [3.63, 3.8) is 0 Å². The van der Waals surface area contributed by atoms with E-state index in [2.05, 4.69) is 0 Å². The average molecular weight is 98.1 g/mol. The summed E-state index contributed by atoms with van der Waals surface area (Å²) in [7, 11) is 0. The molecule has 0 bridgehead atoms. The summed E-state index contributed by atoms with van der Waals surface area (Å²) >= 11 is 0. The molecule has 1 rings (SSSR count). The normalized spacial score (nSPS) is 39.7. The molecule has 7 heavy (non-hydrogen) atoms. The van der Waals surface area contributed by atoms with Gasteiger partial charge in [-0.25, -0.2) is 0 Å². The van der Waals surface area contributed by atoms with Gasteiger partial charge in [0.15, 0.2) is 0 Å². The molecule has 1 N–H and O–H groups in total. The zero-order chi connectivity index (χ0) is 5.28. The molecular weight excluding hydrogens is 88.1 g/mol. The van der Waals surface area contributed by atoms with Gasteiger partial charge in [0.1, 0.15) is 0 Å². The minimum Gasteiger partial charge on any atom is -0.392 e. The van der Waals surface area contributed by atoms with Gasteiger partial charge >= 0.3 is 0 Å². The average Bonchev–Trinajstić information content (AvgIpc) is 1.91. The minimum atomic E-state index is -0.0972. The third kappa shape index (κ3) is 0.829. The molecule has 1 nitrogen and oxygen atoms in total. The smallest absolute Gasteiger partial charge is 0.0634 e. The number of aliphatic hydroxyl groups is 1. The molecule has 1 heteroatoms. The molecule has 0 saturated carbocycles. The summed E-state index contributed by atoms with van der Waals surface area (Å²) in [6.45, 7) is 2.02. The van der Waals surface area contributed by atoms with Crippen molar-refractivity contribution >= 4 is 0 Å². The highest BCUT2D eigenvalue weighted by atomic mass is 16.3. The second kappa shape index (κ2) is 1.66. The maximum atomic E-state index is 8.94. The Morgan fingerprint density at radius 3 is 2.57 bits per heavy atom. The topological polar surface area (TPSA) is 20.2 Å². The van der Waals surface area contributed by atoms with Gasteiger partial charge in [0.05, 0.1) is 6.10 Å². The van der Waals surface area contributed by atoms with Crippen molar-refractivity contribution in [2.45, 2.75) is 19.4 Å². The van der Waals surface area contributed by atoms with Gasteiger partial charge in [-0.2, -0.15) is 0 Å². The second-order valence-electron chi connectivity index (χ2n) is 2.09. The Hall–Kier alpha value is -0.300. The lowest BCUT2D eigenvalue weighted by Gasteiger charge is -2.04. The third-order valence-corrected chi connectivity index (χ3v) is 1.42.